The van der Waals surface area contributed by atoms with Crippen LogP contribution < -0.4 is 14.2 Å². The molecule has 0 aliphatic carbocycles. The van der Waals surface area contributed by atoms with Crippen molar-refractivity contribution in [3.05, 3.63) is 77.7 Å². The Balaban J connectivity index is 1.70. The van der Waals surface area contributed by atoms with Gasteiger partial charge < -0.3 is 23.7 Å². The van der Waals surface area contributed by atoms with Gasteiger partial charge in [-0.05, 0) is 88.3 Å². The van der Waals surface area contributed by atoms with Gasteiger partial charge in [-0.25, -0.2) is 4.98 Å². The smallest absolute Gasteiger partial charge is 0.150 e. The first-order valence-electron chi connectivity index (χ1n) is 18.0. The number of unbranched alkanes of at least 4 members (excludes halogenated alkanes) is 1. The van der Waals surface area contributed by atoms with E-state index in [0.29, 0.717) is 26.2 Å². The Kier molecular flexibility index (Phi) is 15.4. The molecule has 0 aliphatic heterocycles. The SMILES string of the molecule is [CH2]CCOc1cc(OCCCN(CC)CC)cc2c1nc(-c1ccc(OCCc3ccc(Cl)cc3)c(CN(CC)CC)c1)n2CCCC. The number of halogens is 1. The molecule has 0 saturated carbocycles. The monoisotopic (exact) mass is 675 g/mol. The van der Waals surface area contributed by atoms with Gasteiger partial charge in [-0.3, -0.25) is 4.90 Å². The van der Waals surface area contributed by atoms with Crippen molar-refractivity contribution in [1.82, 2.24) is 19.4 Å². The van der Waals surface area contributed by atoms with Crippen LogP contribution in [0.5, 0.6) is 17.2 Å². The van der Waals surface area contributed by atoms with E-state index in [4.69, 9.17) is 30.8 Å². The van der Waals surface area contributed by atoms with Crippen LogP contribution >= 0.6 is 11.6 Å². The van der Waals surface area contributed by atoms with E-state index in [1.165, 1.54) is 5.56 Å². The summed E-state index contributed by atoms with van der Waals surface area (Å²) >= 11 is 6.09. The summed E-state index contributed by atoms with van der Waals surface area (Å²) in [5.41, 5.74) is 5.33. The molecular formula is C40H56ClN4O3. The van der Waals surface area contributed by atoms with Crippen molar-refractivity contribution >= 4 is 22.6 Å². The number of nitrogens with zero attached hydrogens (tertiary/aromatic N) is 4. The van der Waals surface area contributed by atoms with E-state index in [0.717, 1.165) is 122 Å². The Morgan fingerprint density at radius 1 is 0.771 bits per heavy atom. The number of imidazole rings is 1. The molecule has 48 heavy (non-hydrogen) atoms. The second-order valence-electron chi connectivity index (χ2n) is 12.2. The number of hydrogen-bond donors (Lipinski definition) is 0. The predicted molar refractivity (Wildman–Crippen MR) is 201 cm³/mol. The molecule has 1 aromatic heterocycles. The molecule has 0 fully saturated rings. The quantitative estimate of drug-likeness (QED) is 0.0774. The zero-order valence-corrected chi connectivity index (χ0v) is 30.7. The first-order chi connectivity index (χ1) is 23.4. The van der Waals surface area contributed by atoms with Gasteiger partial charge in [-0.15, -0.1) is 0 Å². The third-order valence-corrected chi connectivity index (χ3v) is 9.13. The van der Waals surface area contributed by atoms with E-state index in [-0.39, 0.29) is 0 Å². The molecule has 3 aromatic carbocycles. The molecular weight excluding hydrogens is 620 g/mol. The van der Waals surface area contributed by atoms with Crippen molar-refractivity contribution in [1.29, 1.82) is 0 Å². The van der Waals surface area contributed by atoms with E-state index >= 15 is 0 Å². The first kappa shape index (κ1) is 37.6. The predicted octanol–water partition coefficient (Wildman–Crippen LogP) is 9.33. The molecule has 0 bridgehead atoms. The van der Waals surface area contributed by atoms with Crippen LogP contribution in [0.2, 0.25) is 5.02 Å². The zero-order valence-electron chi connectivity index (χ0n) is 29.9. The Bertz CT molecular complexity index is 1530. The Hall–Kier alpha value is -3.26. The second kappa shape index (κ2) is 19.7. The van der Waals surface area contributed by atoms with Crippen LogP contribution in [0.4, 0.5) is 0 Å². The Labute approximate surface area is 294 Å². The van der Waals surface area contributed by atoms with Crippen LogP contribution in [0.15, 0.2) is 54.6 Å². The fraction of sp³-hybridized carbons (Fsp3) is 0.500. The summed E-state index contributed by atoms with van der Waals surface area (Å²) in [6.07, 6.45) is 4.58. The molecule has 0 amide bonds. The normalized spacial score (nSPS) is 11.6. The van der Waals surface area contributed by atoms with Gasteiger partial charge in [0.2, 0.25) is 0 Å². The maximum Gasteiger partial charge on any atom is 0.150 e. The Morgan fingerprint density at radius 3 is 2.19 bits per heavy atom. The first-order valence-corrected chi connectivity index (χ1v) is 18.4. The number of fused-ring (bicyclic) bond motifs is 1. The number of hydrogen-bond acceptors (Lipinski definition) is 6. The molecule has 8 heteroatoms. The highest BCUT2D eigenvalue weighted by Gasteiger charge is 2.20. The van der Waals surface area contributed by atoms with E-state index in [9.17, 15) is 0 Å². The maximum absolute atomic E-state index is 6.43. The molecule has 0 spiro atoms. The van der Waals surface area contributed by atoms with Crippen LogP contribution in [0.25, 0.3) is 22.4 Å². The lowest BCUT2D eigenvalue weighted by molar-refractivity contribution is 0.248. The Morgan fingerprint density at radius 2 is 1.50 bits per heavy atom. The summed E-state index contributed by atoms with van der Waals surface area (Å²) in [5.74, 6) is 3.41. The third kappa shape index (κ3) is 10.4. The van der Waals surface area contributed by atoms with E-state index in [1.54, 1.807) is 0 Å². The van der Waals surface area contributed by atoms with Gasteiger partial charge in [0.1, 0.15) is 22.8 Å². The maximum atomic E-state index is 6.43. The zero-order chi connectivity index (χ0) is 34.3. The molecule has 1 heterocycles. The minimum Gasteiger partial charge on any atom is -0.493 e. The number of aryl methyl sites for hydroxylation is 1. The van der Waals surface area contributed by atoms with E-state index in [2.05, 4.69) is 92.3 Å². The van der Waals surface area contributed by atoms with Gasteiger partial charge in [0.15, 0.2) is 5.75 Å². The van der Waals surface area contributed by atoms with Gasteiger partial charge in [-0.1, -0.05) is 64.8 Å². The summed E-state index contributed by atoms with van der Waals surface area (Å²) < 4.78 is 21.4. The minimum atomic E-state index is 0.522. The van der Waals surface area contributed by atoms with Crippen molar-refractivity contribution < 1.29 is 14.2 Å². The number of rotatable bonds is 22. The van der Waals surface area contributed by atoms with Gasteiger partial charge in [0, 0.05) is 54.3 Å². The standard InChI is InChI=1S/C40H56ClN4O3/c1-7-13-23-45-36-28-35(46-25-14-22-43(9-3)10-4)29-38(47-24-8-2)39(36)42-40(45)32-17-20-37(33(27-32)30-44(11-5)12-6)48-26-21-31-15-18-34(41)19-16-31/h15-20,27-29H,2,7-14,21-26,30H2,1,3-6H3. The van der Waals surface area contributed by atoms with Crippen molar-refractivity contribution in [3.63, 3.8) is 0 Å². The minimum absolute atomic E-state index is 0.522. The summed E-state index contributed by atoms with van der Waals surface area (Å²) in [6, 6.07) is 18.6. The van der Waals surface area contributed by atoms with Crippen LogP contribution in [0, 0.1) is 6.92 Å². The van der Waals surface area contributed by atoms with Gasteiger partial charge in [0.25, 0.3) is 0 Å². The van der Waals surface area contributed by atoms with Crippen molar-refractivity contribution in [2.45, 2.75) is 79.8 Å². The van der Waals surface area contributed by atoms with Crippen molar-refractivity contribution in [2.24, 2.45) is 0 Å². The molecule has 0 saturated heterocycles. The fourth-order valence-electron chi connectivity index (χ4n) is 5.92. The molecule has 0 atom stereocenters. The molecule has 0 aliphatic rings. The largest absolute Gasteiger partial charge is 0.493 e. The van der Waals surface area contributed by atoms with Crippen LogP contribution in [0.3, 0.4) is 0 Å². The van der Waals surface area contributed by atoms with E-state index < -0.39 is 0 Å². The lowest BCUT2D eigenvalue weighted by atomic mass is 10.1. The summed E-state index contributed by atoms with van der Waals surface area (Å²) in [7, 11) is 0. The summed E-state index contributed by atoms with van der Waals surface area (Å²) in [4.78, 5) is 10.1. The van der Waals surface area contributed by atoms with Gasteiger partial charge >= 0.3 is 0 Å². The highest BCUT2D eigenvalue weighted by Crippen LogP contribution is 2.36. The van der Waals surface area contributed by atoms with Gasteiger partial charge in [0.05, 0.1) is 25.3 Å². The van der Waals surface area contributed by atoms with Crippen LogP contribution in [0.1, 0.15) is 71.4 Å². The summed E-state index contributed by atoms with van der Waals surface area (Å²) in [6.45, 7) is 23.5. The highest BCUT2D eigenvalue weighted by molar-refractivity contribution is 6.30. The summed E-state index contributed by atoms with van der Waals surface area (Å²) in [5, 5.41) is 0.748. The van der Waals surface area contributed by atoms with Gasteiger partial charge in [-0.2, -0.15) is 0 Å². The second-order valence-corrected chi connectivity index (χ2v) is 12.6. The highest BCUT2D eigenvalue weighted by atomic mass is 35.5. The molecule has 261 valence electrons. The molecule has 4 rings (SSSR count). The topological polar surface area (TPSA) is 52.0 Å². The molecule has 0 unspecified atom stereocenters. The molecule has 0 N–H and O–H groups in total. The van der Waals surface area contributed by atoms with E-state index in [1.807, 2.05) is 18.2 Å². The lowest BCUT2D eigenvalue weighted by Gasteiger charge is -2.21. The van der Waals surface area contributed by atoms with Crippen LogP contribution in [-0.4, -0.2) is 71.9 Å². The van der Waals surface area contributed by atoms with Crippen molar-refractivity contribution in [2.75, 3.05) is 52.5 Å². The average Bonchev–Trinajstić information content (AvgIpc) is 3.48. The average molecular weight is 676 g/mol. The molecule has 4 aromatic rings. The third-order valence-electron chi connectivity index (χ3n) is 8.88. The number of aromatic nitrogens is 2. The lowest BCUT2D eigenvalue weighted by Crippen LogP contribution is -2.25. The number of benzene rings is 3. The van der Waals surface area contributed by atoms with Crippen molar-refractivity contribution in [3.8, 4) is 28.6 Å². The molecule has 7 nitrogen and oxygen atoms in total. The fourth-order valence-corrected chi connectivity index (χ4v) is 6.05. The van der Waals surface area contributed by atoms with Crippen LogP contribution in [-0.2, 0) is 19.5 Å². The molecule has 1 radical (unpaired) electrons. The number of ether oxygens (including phenoxy) is 3.